The average Bonchev–Trinajstić information content (AvgIpc) is 2.71. The van der Waals surface area contributed by atoms with Crippen LogP contribution < -0.4 is 4.72 Å². The summed E-state index contributed by atoms with van der Waals surface area (Å²) in [6.07, 6.45) is 0. The molecule has 1 heterocycles. The third kappa shape index (κ3) is 2.80. The maximum absolute atomic E-state index is 12.9. The van der Waals surface area contributed by atoms with Gasteiger partial charge in [-0.1, -0.05) is 11.6 Å². The third-order valence-electron chi connectivity index (χ3n) is 1.99. The Morgan fingerprint density at radius 1 is 1.11 bits per heavy atom. The van der Waals surface area contributed by atoms with Crippen molar-refractivity contribution in [2.45, 2.75) is 4.21 Å². The number of halogens is 3. The lowest BCUT2D eigenvalue weighted by Crippen LogP contribution is -2.11. The van der Waals surface area contributed by atoms with Crippen molar-refractivity contribution in [1.29, 1.82) is 0 Å². The highest BCUT2D eigenvalue weighted by molar-refractivity contribution is 7.94. The van der Waals surface area contributed by atoms with Crippen LogP contribution in [0.4, 0.5) is 14.5 Å². The molecule has 1 aromatic carbocycles. The molecule has 0 saturated carbocycles. The van der Waals surface area contributed by atoms with Gasteiger partial charge in [-0.25, -0.2) is 17.2 Å². The van der Waals surface area contributed by atoms with Crippen LogP contribution in [0.1, 0.15) is 0 Å². The van der Waals surface area contributed by atoms with E-state index in [4.69, 9.17) is 11.6 Å². The zero-order chi connectivity index (χ0) is 13.3. The zero-order valence-electron chi connectivity index (χ0n) is 8.65. The van der Waals surface area contributed by atoms with Gasteiger partial charge < -0.3 is 0 Å². The molecule has 3 nitrogen and oxygen atoms in total. The molecule has 0 amide bonds. The Bertz CT molecular complexity index is 685. The number of benzene rings is 1. The number of anilines is 1. The first-order valence-corrected chi connectivity index (χ1v) is 7.29. The minimum atomic E-state index is -3.83. The molecule has 0 bridgehead atoms. The van der Waals surface area contributed by atoms with Gasteiger partial charge in [0, 0.05) is 6.07 Å². The average molecular weight is 310 g/mol. The molecule has 0 fully saturated rings. The van der Waals surface area contributed by atoms with Crippen LogP contribution in [0, 0.1) is 11.6 Å². The molecule has 18 heavy (non-hydrogen) atoms. The maximum Gasteiger partial charge on any atom is 0.271 e. The summed E-state index contributed by atoms with van der Waals surface area (Å²) >= 11 is 6.50. The standard InChI is InChI=1S/C10H6ClF2NO2S2/c11-9-3-4-10(17-9)18(15,16)14-6-1-2-7(12)8(13)5-6/h1-5,14H. The first-order valence-electron chi connectivity index (χ1n) is 4.62. The molecule has 1 N–H and O–H groups in total. The number of hydrogen-bond donors (Lipinski definition) is 1. The van der Waals surface area contributed by atoms with Crippen LogP contribution >= 0.6 is 22.9 Å². The van der Waals surface area contributed by atoms with E-state index in [0.717, 1.165) is 29.5 Å². The molecule has 2 aromatic rings. The molecule has 2 rings (SSSR count). The van der Waals surface area contributed by atoms with Crippen molar-refractivity contribution < 1.29 is 17.2 Å². The van der Waals surface area contributed by atoms with Gasteiger partial charge in [-0.3, -0.25) is 4.72 Å². The maximum atomic E-state index is 12.9. The Morgan fingerprint density at radius 3 is 2.39 bits per heavy atom. The quantitative estimate of drug-likeness (QED) is 0.943. The lowest BCUT2D eigenvalue weighted by Gasteiger charge is -2.06. The van der Waals surface area contributed by atoms with Gasteiger partial charge in [0.25, 0.3) is 10.0 Å². The summed E-state index contributed by atoms with van der Waals surface area (Å²) in [6, 6.07) is 5.50. The second-order valence-corrected chi connectivity index (χ2v) is 6.92. The highest BCUT2D eigenvalue weighted by Gasteiger charge is 2.17. The molecule has 0 aliphatic heterocycles. The van der Waals surface area contributed by atoms with E-state index >= 15 is 0 Å². The van der Waals surface area contributed by atoms with Gasteiger partial charge in [-0.15, -0.1) is 11.3 Å². The molecule has 0 radical (unpaired) electrons. The fraction of sp³-hybridized carbons (Fsp3) is 0. The van der Waals surface area contributed by atoms with Gasteiger partial charge in [0.2, 0.25) is 0 Å². The first kappa shape index (κ1) is 13.3. The predicted molar refractivity (Wildman–Crippen MR) is 66.5 cm³/mol. The minimum Gasteiger partial charge on any atom is -0.279 e. The SMILES string of the molecule is O=S(=O)(Nc1ccc(F)c(F)c1)c1ccc(Cl)s1. The lowest BCUT2D eigenvalue weighted by molar-refractivity contribution is 0.509. The van der Waals surface area contributed by atoms with Gasteiger partial charge in [0.15, 0.2) is 11.6 Å². The van der Waals surface area contributed by atoms with E-state index in [2.05, 4.69) is 4.72 Å². The summed E-state index contributed by atoms with van der Waals surface area (Å²) < 4.78 is 51.7. The number of thiophene rings is 1. The lowest BCUT2D eigenvalue weighted by atomic mass is 10.3. The number of rotatable bonds is 3. The topological polar surface area (TPSA) is 46.2 Å². The fourth-order valence-corrected chi connectivity index (χ4v) is 3.74. The monoisotopic (exact) mass is 309 g/mol. The highest BCUT2D eigenvalue weighted by atomic mass is 35.5. The first-order chi connectivity index (χ1) is 8.38. The smallest absolute Gasteiger partial charge is 0.271 e. The van der Waals surface area contributed by atoms with Crippen LogP contribution in [0.15, 0.2) is 34.5 Å². The second kappa shape index (κ2) is 4.83. The van der Waals surface area contributed by atoms with E-state index in [0.29, 0.717) is 4.34 Å². The molecule has 1 aromatic heterocycles. The number of hydrogen-bond acceptors (Lipinski definition) is 3. The fourth-order valence-electron chi connectivity index (χ4n) is 1.21. The van der Waals surface area contributed by atoms with E-state index < -0.39 is 21.7 Å². The van der Waals surface area contributed by atoms with E-state index in [9.17, 15) is 17.2 Å². The van der Waals surface area contributed by atoms with E-state index in [1.165, 1.54) is 12.1 Å². The Morgan fingerprint density at radius 2 is 1.83 bits per heavy atom. The molecule has 96 valence electrons. The van der Waals surface area contributed by atoms with Crippen molar-refractivity contribution in [2.75, 3.05) is 4.72 Å². The zero-order valence-corrected chi connectivity index (χ0v) is 11.0. The Kier molecular flexibility index (Phi) is 3.56. The van der Waals surface area contributed by atoms with Gasteiger partial charge in [0.05, 0.1) is 10.0 Å². The Labute approximate surface area is 111 Å². The van der Waals surface area contributed by atoms with Crippen molar-refractivity contribution >= 4 is 38.6 Å². The largest absolute Gasteiger partial charge is 0.279 e. The van der Waals surface area contributed by atoms with Crippen LogP contribution in [0.2, 0.25) is 4.34 Å². The van der Waals surface area contributed by atoms with Crippen LogP contribution in [-0.4, -0.2) is 8.42 Å². The summed E-state index contributed by atoms with van der Waals surface area (Å²) in [6.45, 7) is 0. The van der Waals surface area contributed by atoms with E-state index in [1.54, 1.807) is 0 Å². The number of sulfonamides is 1. The molecule has 0 aliphatic carbocycles. The van der Waals surface area contributed by atoms with Crippen LogP contribution in [0.5, 0.6) is 0 Å². The van der Waals surface area contributed by atoms with E-state index in [1.807, 2.05) is 0 Å². The molecule has 0 aliphatic rings. The molecule has 0 saturated heterocycles. The predicted octanol–water partition coefficient (Wildman–Crippen LogP) is 3.48. The summed E-state index contributed by atoms with van der Waals surface area (Å²) in [5, 5.41) is 0. The molecule has 8 heteroatoms. The minimum absolute atomic E-state index is 0.00256. The second-order valence-electron chi connectivity index (χ2n) is 3.29. The Hall–Kier alpha value is -1.18. The van der Waals surface area contributed by atoms with Crippen LogP contribution in [0.25, 0.3) is 0 Å². The van der Waals surface area contributed by atoms with Crippen molar-refractivity contribution in [2.24, 2.45) is 0 Å². The summed E-state index contributed by atoms with van der Waals surface area (Å²) in [7, 11) is -3.83. The van der Waals surface area contributed by atoms with Crippen LogP contribution in [0.3, 0.4) is 0 Å². The summed E-state index contributed by atoms with van der Waals surface area (Å²) in [5.74, 6) is -2.17. The van der Waals surface area contributed by atoms with Gasteiger partial charge in [-0.2, -0.15) is 0 Å². The van der Waals surface area contributed by atoms with Gasteiger partial charge >= 0.3 is 0 Å². The highest BCUT2D eigenvalue weighted by Crippen LogP contribution is 2.27. The van der Waals surface area contributed by atoms with Gasteiger partial charge in [-0.05, 0) is 24.3 Å². The van der Waals surface area contributed by atoms with E-state index in [-0.39, 0.29) is 9.90 Å². The van der Waals surface area contributed by atoms with Crippen molar-refractivity contribution in [1.82, 2.24) is 0 Å². The van der Waals surface area contributed by atoms with Gasteiger partial charge in [0.1, 0.15) is 4.21 Å². The molecular weight excluding hydrogens is 304 g/mol. The molecule has 0 atom stereocenters. The summed E-state index contributed by atoms with van der Waals surface area (Å²) in [4.78, 5) is 0. The molecular formula is C10H6ClF2NO2S2. The normalized spacial score (nSPS) is 11.5. The molecule has 0 unspecified atom stereocenters. The van der Waals surface area contributed by atoms with Crippen molar-refractivity contribution in [3.05, 3.63) is 46.3 Å². The summed E-state index contributed by atoms with van der Waals surface area (Å²) in [5.41, 5.74) is -0.0570. The van der Waals surface area contributed by atoms with Crippen molar-refractivity contribution in [3.63, 3.8) is 0 Å². The molecule has 0 spiro atoms. The third-order valence-corrected chi connectivity index (χ3v) is 5.09. The number of nitrogens with one attached hydrogen (secondary N) is 1. The Balaban J connectivity index is 2.30. The van der Waals surface area contributed by atoms with Crippen molar-refractivity contribution in [3.8, 4) is 0 Å². The van der Waals surface area contributed by atoms with Crippen LogP contribution in [-0.2, 0) is 10.0 Å².